The topological polar surface area (TPSA) is 59.7 Å². The van der Waals surface area contributed by atoms with E-state index in [2.05, 4.69) is 0 Å². The second-order valence-electron chi connectivity index (χ2n) is 5.43. The van der Waals surface area contributed by atoms with E-state index >= 15 is 0 Å². The highest BCUT2D eigenvalue weighted by Crippen LogP contribution is 2.28. The van der Waals surface area contributed by atoms with Crippen molar-refractivity contribution in [1.29, 1.82) is 0 Å². The summed E-state index contributed by atoms with van der Waals surface area (Å²) < 4.78 is 38.1. The molecule has 0 fully saturated rings. The van der Waals surface area contributed by atoms with Crippen molar-refractivity contribution in [3.63, 3.8) is 0 Å². The third-order valence-electron chi connectivity index (χ3n) is 3.84. The smallest absolute Gasteiger partial charge is 0.372 e. The molecule has 0 amide bonds. The Bertz CT molecular complexity index is 893. The molecule has 6 heteroatoms. The monoisotopic (exact) mass is 344 g/mol. The van der Waals surface area contributed by atoms with Gasteiger partial charge in [0.2, 0.25) is 5.76 Å². The van der Waals surface area contributed by atoms with Crippen molar-refractivity contribution in [3.05, 3.63) is 77.2 Å². The lowest BCUT2D eigenvalue weighted by Gasteiger charge is -2.08. The molecule has 0 unspecified atom stereocenters. The van der Waals surface area contributed by atoms with Gasteiger partial charge in [0.1, 0.15) is 24.0 Å². The van der Waals surface area contributed by atoms with E-state index in [0.717, 1.165) is 0 Å². The normalized spacial score (nSPS) is 10.7. The Labute approximate surface area is 142 Å². The van der Waals surface area contributed by atoms with Crippen molar-refractivity contribution in [3.8, 4) is 16.9 Å². The van der Waals surface area contributed by atoms with Crippen LogP contribution in [0.15, 0.2) is 53.1 Å². The van der Waals surface area contributed by atoms with E-state index in [1.807, 2.05) is 0 Å². The molecule has 3 aromatic rings. The molecule has 0 aliphatic rings. The zero-order chi connectivity index (χ0) is 18.0. The van der Waals surface area contributed by atoms with Gasteiger partial charge in [-0.05, 0) is 36.8 Å². The Morgan fingerprint density at radius 1 is 1.12 bits per heavy atom. The van der Waals surface area contributed by atoms with Gasteiger partial charge in [-0.25, -0.2) is 13.6 Å². The molecule has 2 aromatic carbocycles. The first-order valence-electron chi connectivity index (χ1n) is 7.45. The molecule has 4 nitrogen and oxygen atoms in total. The fourth-order valence-electron chi connectivity index (χ4n) is 2.46. The van der Waals surface area contributed by atoms with Crippen LogP contribution in [-0.4, -0.2) is 11.1 Å². The van der Waals surface area contributed by atoms with Crippen LogP contribution in [0.5, 0.6) is 5.75 Å². The van der Waals surface area contributed by atoms with E-state index in [1.165, 1.54) is 24.5 Å². The molecule has 1 N–H and O–H groups in total. The number of ether oxygens (including phenoxy) is 1. The van der Waals surface area contributed by atoms with Crippen LogP contribution < -0.4 is 4.74 Å². The van der Waals surface area contributed by atoms with E-state index in [0.29, 0.717) is 22.4 Å². The third kappa shape index (κ3) is 3.38. The van der Waals surface area contributed by atoms with Crippen LogP contribution in [0.4, 0.5) is 8.78 Å². The second-order valence-corrected chi connectivity index (χ2v) is 5.43. The van der Waals surface area contributed by atoms with Crippen molar-refractivity contribution >= 4 is 5.97 Å². The van der Waals surface area contributed by atoms with Gasteiger partial charge in [-0.3, -0.25) is 0 Å². The van der Waals surface area contributed by atoms with Gasteiger partial charge >= 0.3 is 5.97 Å². The summed E-state index contributed by atoms with van der Waals surface area (Å²) in [6.45, 7) is 1.76. The van der Waals surface area contributed by atoms with Crippen LogP contribution in [0, 0.1) is 18.6 Å². The Morgan fingerprint density at radius 3 is 2.32 bits per heavy atom. The lowest BCUT2D eigenvalue weighted by Crippen LogP contribution is -1.99. The number of aromatic carboxylic acids is 1. The molecule has 0 saturated heterocycles. The Balaban J connectivity index is 1.74. The van der Waals surface area contributed by atoms with Crippen molar-refractivity contribution in [1.82, 2.24) is 0 Å². The number of carboxylic acids is 1. The lowest BCUT2D eigenvalue weighted by atomic mass is 10.0. The number of furan rings is 1. The first-order valence-corrected chi connectivity index (χ1v) is 7.45. The van der Waals surface area contributed by atoms with Gasteiger partial charge in [0.15, 0.2) is 0 Å². The molecule has 25 heavy (non-hydrogen) atoms. The van der Waals surface area contributed by atoms with E-state index in [9.17, 15) is 13.6 Å². The zero-order valence-corrected chi connectivity index (χ0v) is 13.3. The molecule has 128 valence electrons. The summed E-state index contributed by atoms with van der Waals surface area (Å²) in [7, 11) is 0. The van der Waals surface area contributed by atoms with Gasteiger partial charge in [-0.2, -0.15) is 0 Å². The predicted molar refractivity (Wildman–Crippen MR) is 86.5 cm³/mol. The summed E-state index contributed by atoms with van der Waals surface area (Å²) in [5.74, 6) is -2.05. The van der Waals surface area contributed by atoms with E-state index in [1.54, 1.807) is 31.2 Å². The number of benzene rings is 2. The molecule has 0 radical (unpaired) electrons. The summed E-state index contributed by atoms with van der Waals surface area (Å²) in [5.41, 5.74) is 1.42. The zero-order valence-electron chi connectivity index (χ0n) is 13.3. The van der Waals surface area contributed by atoms with Crippen molar-refractivity contribution in [2.75, 3.05) is 0 Å². The Kier molecular flexibility index (Phi) is 4.52. The number of carboxylic acid groups (broad SMARTS) is 1. The number of hydrogen-bond donors (Lipinski definition) is 1. The van der Waals surface area contributed by atoms with Crippen LogP contribution in [0.2, 0.25) is 0 Å². The molecular formula is C19H14F2O4. The first kappa shape index (κ1) is 16.7. The van der Waals surface area contributed by atoms with Crippen LogP contribution in [0.1, 0.15) is 21.7 Å². The van der Waals surface area contributed by atoms with Gasteiger partial charge in [0.25, 0.3) is 0 Å². The summed E-state index contributed by atoms with van der Waals surface area (Å²) in [6, 6.07) is 10.0. The third-order valence-corrected chi connectivity index (χ3v) is 3.84. The van der Waals surface area contributed by atoms with E-state index in [4.69, 9.17) is 14.3 Å². The minimum atomic E-state index is -1.14. The fraction of sp³-hybridized carbons (Fsp3) is 0.105. The number of hydrogen-bond acceptors (Lipinski definition) is 3. The van der Waals surface area contributed by atoms with E-state index in [-0.39, 0.29) is 17.9 Å². The quantitative estimate of drug-likeness (QED) is 0.721. The summed E-state index contributed by atoms with van der Waals surface area (Å²) in [5, 5.41) is 8.95. The average Bonchev–Trinajstić information content (AvgIpc) is 2.95. The Morgan fingerprint density at radius 2 is 1.76 bits per heavy atom. The molecule has 0 spiro atoms. The minimum Gasteiger partial charge on any atom is -0.489 e. The Hall–Kier alpha value is -3.15. The van der Waals surface area contributed by atoms with Crippen LogP contribution in [0.25, 0.3) is 11.1 Å². The van der Waals surface area contributed by atoms with Crippen molar-refractivity contribution in [2.45, 2.75) is 13.5 Å². The summed E-state index contributed by atoms with van der Waals surface area (Å²) >= 11 is 0. The number of halogens is 2. The molecular weight excluding hydrogens is 330 g/mol. The van der Waals surface area contributed by atoms with Gasteiger partial charge in [-0.15, -0.1) is 0 Å². The minimum absolute atomic E-state index is 0.0918. The molecule has 1 aromatic heterocycles. The highest BCUT2D eigenvalue weighted by Gasteiger charge is 2.16. The number of carbonyl (C=O) groups is 1. The standard InChI is InChI=1S/C19H14F2O4/c1-11-13(10-25-18(11)19(22)23)9-24-14-7-5-12(6-8-14)17-15(20)3-2-4-16(17)21/h2-8,10H,9H2,1H3,(H,22,23). The molecule has 0 atom stereocenters. The summed E-state index contributed by atoms with van der Waals surface area (Å²) in [6.07, 6.45) is 1.34. The second kappa shape index (κ2) is 6.76. The SMILES string of the molecule is Cc1c(COc2ccc(-c3c(F)cccc3F)cc2)coc1C(=O)O. The molecule has 0 aliphatic carbocycles. The van der Waals surface area contributed by atoms with Crippen LogP contribution >= 0.6 is 0 Å². The van der Waals surface area contributed by atoms with Crippen LogP contribution in [0.3, 0.4) is 0 Å². The molecule has 3 rings (SSSR count). The molecule has 0 saturated carbocycles. The molecule has 0 bridgehead atoms. The fourth-order valence-corrected chi connectivity index (χ4v) is 2.46. The van der Waals surface area contributed by atoms with Gasteiger partial charge in [-0.1, -0.05) is 18.2 Å². The van der Waals surface area contributed by atoms with Crippen LogP contribution in [-0.2, 0) is 6.61 Å². The van der Waals surface area contributed by atoms with Gasteiger partial charge < -0.3 is 14.3 Å². The highest BCUT2D eigenvalue weighted by atomic mass is 19.1. The highest BCUT2D eigenvalue weighted by molar-refractivity contribution is 5.86. The number of rotatable bonds is 5. The maximum Gasteiger partial charge on any atom is 0.372 e. The lowest BCUT2D eigenvalue weighted by molar-refractivity contribution is 0.0661. The average molecular weight is 344 g/mol. The largest absolute Gasteiger partial charge is 0.489 e. The summed E-state index contributed by atoms with van der Waals surface area (Å²) in [4.78, 5) is 10.9. The predicted octanol–water partition coefficient (Wildman–Crippen LogP) is 4.81. The van der Waals surface area contributed by atoms with Gasteiger partial charge in [0, 0.05) is 11.1 Å². The van der Waals surface area contributed by atoms with Crippen molar-refractivity contribution < 1.29 is 27.8 Å². The van der Waals surface area contributed by atoms with Gasteiger partial charge in [0.05, 0.1) is 11.8 Å². The first-order chi connectivity index (χ1) is 12.0. The maximum atomic E-state index is 13.8. The van der Waals surface area contributed by atoms with E-state index < -0.39 is 17.6 Å². The molecule has 1 heterocycles. The maximum absolute atomic E-state index is 13.8. The van der Waals surface area contributed by atoms with Crippen molar-refractivity contribution in [2.24, 2.45) is 0 Å². The molecule has 0 aliphatic heterocycles.